The molecule has 0 amide bonds. The minimum atomic E-state index is 0.941. The molecule has 10 heavy (non-hydrogen) atoms. The second-order valence-electron chi connectivity index (χ2n) is 3.37. The summed E-state index contributed by atoms with van der Waals surface area (Å²) in [4.78, 5) is 5.51. The summed E-state index contributed by atoms with van der Waals surface area (Å²) in [6.07, 6.45) is 5.42. The molecule has 0 N–H and O–H groups in total. The Hall–Kier alpha value is -0.0800. The van der Waals surface area contributed by atoms with E-state index in [9.17, 15) is 0 Å². The summed E-state index contributed by atoms with van der Waals surface area (Å²) in [6, 6.07) is 0. The Morgan fingerprint density at radius 3 is 3.10 bits per heavy atom. The van der Waals surface area contributed by atoms with Crippen molar-refractivity contribution in [1.82, 2.24) is 5.06 Å². The van der Waals surface area contributed by atoms with Crippen LogP contribution in [-0.4, -0.2) is 24.8 Å². The van der Waals surface area contributed by atoms with E-state index in [1.54, 1.807) is 0 Å². The van der Waals surface area contributed by atoms with Crippen molar-refractivity contribution in [3.63, 3.8) is 0 Å². The minimum Gasteiger partial charge on any atom is -0.299 e. The normalized spacial score (nSPS) is 40.8. The van der Waals surface area contributed by atoms with Gasteiger partial charge in [0.1, 0.15) is 0 Å². The molecule has 2 aliphatic rings. The topological polar surface area (TPSA) is 12.5 Å². The van der Waals surface area contributed by atoms with Crippen LogP contribution < -0.4 is 0 Å². The van der Waals surface area contributed by atoms with Crippen molar-refractivity contribution in [3.05, 3.63) is 0 Å². The van der Waals surface area contributed by atoms with Crippen molar-refractivity contribution in [1.29, 1.82) is 0 Å². The highest BCUT2D eigenvalue weighted by molar-refractivity contribution is 4.70. The van der Waals surface area contributed by atoms with Gasteiger partial charge >= 0.3 is 0 Å². The Labute approximate surface area is 62.1 Å². The standard InChI is InChI=1S/C8H15NO/c1-3-8-4-2-6-10-9(5-1)7-8/h8H,1-7H2. The summed E-state index contributed by atoms with van der Waals surface area (Å²) in [5.74, 6) is 0.941. The van der Waals surface area contributed by atoms with E-state index in [0.29, 0.717) is 0 Å². The predicted octanol–water partition coefficient (Wildman–Crippen LogP) is 1.42. The van der Waals surface area contributed by atoms with Gasteiger partial charge in [-0.15, -0.1) is 0 Å². The van der Waals surface area contributed by atoms with Gasteiger partial charge in [-0.25, -0.2) is 0 Å². The molecule has 0 radical (unpaired) electrons. The Kier molecular flexibility index (Phi) is 1.91. The van der Waals surface area contributed by atoms with Crippen LogP contribution in [0.3, 0.4) is 0 Å². The summed E-state index contributed by atoms with van der Waals surface area (Å²) >= 11 is 0. The molecule has 2 atom stereocenters. The summed E-state index contributed by atoms with van der Waals surface area (Å²) in [7, 11) is 0. The molecule has 0 saturated carbocycles. The molecule has 2 fully saturated rings. The van der Waals surface area contributed by atoms with Crippen LogP contribution >= 0.6 is 0 Å². The summed E-state index contributed by atoms with van der Waals surface area (Å²) in [5.41, 5.74) is 0. The van der Waals surface area contributed by atoms with Crippen molar-refractivity contribution in [2.75, 3.05) is 19.7 Å². The lowest BCUT2D eigenvalue weighted by atomic mass is 9.95. The van der Waals surface area contributed by atoms with E-state index in [2.05, 4.69) is 5.06 Å². The van der Waals surface area contributed by atoms with Crippen LogP contribution in [0.5, 0.6) is 0 Å². The first-order valence-corrected chi connectivity index (χ1v) is 4.33. The molecule has 0 aliphatic carbocycles. The number of hydrogen-bond donors (Lipinski definition) is 0. The first-order chi connectivity index (χ1) is 4.95. The molecule has 0 aromatic rings. The molecular weight excluding hydrogens is 126 g/mol. The third-order valence-corrected chi connectivity index (χ3v) is 2.51. The maximum Gasteiger partial charge on any atom is 0.0685 e. The average molecular weight is 141 g/mol. The fourth-order valence-electron chi connectivity index (χ4n) is 1.95. The maximum atomic E-state index is 5.51. The lowest BCUT2D eigenvalue weighted by Crippen LogP contribution is -2.33. The largest absolute Gasteiger partial charge is 0.299 e. The molecule has 2 saturated heterocycles. The summed E-state index contributed by atoms with van der Waals surface area (Å²) < 4.78 is 0. The van der Waals surface area contributed by atoms with Crippen molar-refractivity contribution < 1.29 is 4.84 Å². The van der Waals surface area contributed by atoms with Crippen molar-refractivity contribution >= 4 is 0 Å². The van der Waals surface area contributed by atoms with Gasteiger partial charge in [0.25, 0.3) is 0 Å². The van der Waals surface area contributed by atoms with Gasteiger partial charge in [-0.3, -0.25) is 4.84 Å². The van der Waals surface area contributed by atoms with Crippen molar-refractivity contribution in [2.24, 2.45) is 5.92 Å². The van der Waals surface area contributed by atoms with E-state index in [1.807, 2.05) is 0 Å². The fourth-order valence-corrected chi connectivity index (χ4v) is 1.95. The zero-order valence-electron chi connectivity index (χ0n) is 6.38. The predicted molar refractivity (Wildman–Crippen MR) is 39.5 cm³/mol. The molecule has 2 rings (SSSR count). The zero-order valence-corrected chi connectivity index (χ0v) is 6.38. The molecule has 2 heteroatoms. The lowest BCUT2D eigenvalue weighted by Gasteiger charge is -2.28. The van der Waals surface area contributed by atoms with E-state index in [4.69, 9.17) is 4.84 Å². The number of hydroxylamine groups is 2. The molecule has 2 bridgehead atoms. The molecule has 2 aliphatic heterocycles. The fraction of sp³-hybridized carbons (Fsp3) is 1.00. The van der Waals surface area contributed by atoms with E-state index >= 15 is 0 Å². The van der Waals surface area contributed by atoms with Gasteiger partial charge in [0, 0.05) is 13.1 Å². The molecule has 0 spiro atoms. The third-order valence-electron chi connectivity index (χ3n) is 2.51. The van der Waals surface area contributed by atoms with E-state index in [0.717, 1.165) is 19.1 Å². The number of nitrogens with zero attached hydrogens (tertiary/aromatic N) is 1. The monoisotopic (exact) mass is 141 g/mol. The summed E-state index contributed by atoms with van der Waals surface area (Å²) in [6.45, 7) is 3.31. The van der Waals surface area contributed by atoms with Crippen LogP contribution in [0, 0.1) is 5.92 Å². The van der Waals surface area contributed by atoms with E-state index < -0.39 is 0 Å². The molecule has 58 valence electrons. The molecule has 2 nitrogen and oxygen atoms in total. The van der Waals surface area contributed by atoms with Crippen LogP contribution in [0.15, 0.2) is 0 Å². The number of piperidine rings is 1. The second-order valence-corrected chi connectivity index (χ2v) is 3.37. The van der Waals surface area contributed by atoms with Crippen LogP contribution in [0.2, 0.25) is 0 Å². The SMILES string of the molecule is C1CON2CCCC(C1)C2. The number of fused-ring (bicyclic) bond motifs is 2. The van der Waals surface area contributed by atoms with Crippen molar-refractivity contribution in [2.45, 2.75) is 25.7 Å². The number of rotatable bonds is 0. The van der Waals surface area contributed by atoms with Crippen LogP contribution in [0.25, 0.3) is 0 Å². The smallest absolute Gasteiger partial charge is 0.0685 e. The molecule has 2 heterocycles. The van der Waals surface area contributed by atoms with Crippen molar-refractivity contribution in [3.8, 4) is 0 Å². The average Bonchev–Trinajstić information content (AvgIpc) is 2.12. The highest BCUT2D eigenvalue weighted by Gasteiger charge is 2.22. The Morgan fingerprint density at radius 2 is 2.10 bits per heavy atom. The van der Waals surface area contributed by atoms with Crippen LogP contribution in [0.1, 0.15) is 25.7 Å². The number of hydrogen-bond acceptors (Lipinski definition) is 2. The van der Waals surface area contributed by atoms with Crippen LogP contribution in [-0.2, 0) is 4.84 Å². The first-order valence-electron chi connectivity index (χ1n) is 4.33. The summed E-state index contributed by atoms with van der Waals surface area (Å²) in [5, 5.41) is 2.15. The zero-order chi connectivity index (χ0) is 6.81. The van der Waals surface area contributed by atoms with Crippen LogP contribution in [0.4, 0.5) is 0 Å². The van der Waals surface area contributed by atoms with Gasteiger partial charge in [0.15, 0.2) is 0 Å². The van der Waals surface area contributed by atoms with E-state index in [-0.39, 0.29) is 0 Å². The second kappa shape index (κ2) is 2.89. The van der Waals surface area contributed by atoms with Gasteiger partial charge in [0.05, 0.1) is 6.61 Å². The molecular formula is C8H15NO. The Bertz CT molecular complexity index is 104. The minimum absolute atomic E-state index is 0.941. The quantitative estimate of drug-likeness (QED) is 0.506. The third kappa shape index (κ3) is 1.32. The molecule has 0 aromatic carbocycles. The van der Waals surface area contributed by atoms with Gasteiger partial charge < -0.3 is 0 Å². The highest BCUT2D eigenvalue weighted by Crippen LogP contribution is 2.23. The van der Waals surface area contributed by atoms with Gasteiger partial charge in [0.2, 0.25) is 0 Å². The first kappa shape index (κ1) is 6.62. The van der Waals surface area contributed by atoms with E-state index in [1.165, 1.54) is 32.2 Å². The van der Waals surface area contributed by atoms with Gasteiger partial charge in [-0.05, 0) is 31.6 Å². The Morgan fingerprint density at radius 1 is 1.20 bits per heavy atom. The maximum absolute atomic E-state index is 5.51. The lowest BCUT2D eigenvalue weighted by molar-refractivity contribution is -0.165. The highest BCUT2D eigenvalue weighted by atomic mass is 16.7. The Balaban J connectivity index is 1.96. The van der Waals surface area contributed by atoms with Gasteiger partial charge in [-0.1, -0.05) is 0 Å². The van der Waals surface area contributed by atoms with Gasteiger partial charge in [-0.2, -0.15) is 5.06 Å². The molecule has 0 aromatic heterocycles. The molecule has 2 unspecified atom stereocenters.